The number of para-hydroxylation sites is 4. The summed E-state index contributed by atoms with van der Waals surface area (Å²) in [6.07, 6.45) is 0. The van der Waals surface area contributed by atoms with Gasteiger partial charge in [0.15, 0.2) is 17.5 Å². The fourth-order valence-electron chi connectivity index (χ4n) is 9.80. The second-order valence-corrected chi connectivity index (χ2v) is 16.4. The molecule has 3 aromatic heterocycles. The highest BCUT2D eigenvalue weighted by Crippen LogP contribution is 2.41. The Morgan fingerprint density at radius 1 is 0.266 bits per heavy atom. The summed E-state index contributed by atoms with van der Waals surface area (Å²) in [6, 6.07) is 79.8. The van der Waals surface area contributed by atoms with Gasteiger partial charge in [-0.05, 0) is 93.3 Å². The molecule has 0 aliphatic carbocycles. The first-order valence-corrected chi connectivity index (χ1v) is 21.7. The van der Waals surface area contributed by atoms with Gasteiger partial charge in [0.05, 0.1) is 22.1 Å². The topological polar surface area (TPSA) is 48.5 Å². The molecular formula is C59H37N5. The minimum Gasteiger partial charge on any atom is -0.309 e. The van der Waals surface area contributed by atoms with Crippen molar-refractivity contribution < 1.29 is 0 Å². The van der Waals surface area contributed by atoms with Gasteiger partial charge >= 0.3 is 0 Å². The van der Waals surface area contributed by atoms with Crippen molar-refractivity contribution in [3.05, 3.63) is 224 Å². The fraction of sp³-hybridized carbons (Fsp3) is 0. The number of hydrogen-bond donors (Lipinski definition) is 0. The van der Waals surface area contributed by atoms with E-state index in [4.69, 9.17) is 15.0 Å². The van der Waals surface area contributed by atoms with Crippen molar-refractivity contribution in [1.29, 1.82) is 0 Å². The Labute approximate surface area is 368 Å². The Kier molecular flexibility index (Phi) is 8.15. The molecule has 0 amide bonds. The van der Waals surface area contributed by atoms with E-state index in [1.54, 1.807) is 0 Å². The minimum atomic E-state index is 0.605. The molecule has 0 atom stereocenters. The Hall–Kier alpha value is -8.67. The third-order valence-electron chi connectivity index (χ3n) is 12.7. The monoisotopic (exact) mass is 815 g/mol. The quantitative estimate of drug-likeness (QED) is 0.168. The van der Waals surface area contributed by atoms with Crippen LogP contribution in [-0.2, 0) is 0 Å². The molecule has 13 aromatic rings. The van der Waals surface area contributed by atoms with Crippen LogP contribution in [0.5, 0.6) is 0 Å². The Morgan fingerprint density at radius 3 is 1.59 bits per heavy atom. The first kappa shape index (κ1) is 36.0. The van der Waals surface area contributed by atoms with Crippen LogP contribution in [0.3, 0.4) is 0 Å². The lowest BCUT2D eigenvalue weighted by Crippen LogP contribution is -2.03. The highest BCUT2D eigenvalue weighted by atomic mass is 15.1. The number of rotatable bonds is 6. The normalized spacial score (nSPS) is 11.8. The van der Waals surface area contributed by atoms with E-state index in [1.165, 1.54) is 26.9 Å². The zero-order chi connectivity index (χ0) is 42.1. The molecular weight excluding hydrogens is 779 g/mol. The molecule has 0 unspecified atom stereocenters. The lowest BCUT2D eigenvalue weighted by atomic mass is 10.0. The van der Waals surface area contributed by atoms with Gasteiger partial charge < -0.3 is 9.13 Å². The van der Waals surface area contributed by atoms with Crippen molar-refractivity contribution in [1.82, 2.24) is 24.1 Å². The van der Waals surface area contributed by atoms with E-state index in [1.807, 2.05) is 6.07 Å². The first-order chi connectivity index (χ1) is 31.7. The van der Waals surface area contributed by atoms with E-state index in [0.717, 1.165) is 77.4 Å². The predicted molar refractivity (Wildman–Crippen MR) is 265 cm³/mol. The first-order valence-electron chi connectivity index (χ1n) is 21.7. The number of benzene rings is 10. The average molecular weight is 816 g/mol. The fourth-order valence-corrected chi connectivity index (χ4v) is 9.80. The highest BCUT2D eigenvalue weighted by Gasteiger charge is 2.22. The van der Waals surface area contributed by atoms with Gasteiger partial charge in [-0.1, -0.05) is 164 Å². The van der Waals surface area contributed by atoms with E-state index in [2.05, 4.69) is 228 Å². The molecule has 0 saturated heterocycles. The van der Waals surface area contributed by atoms with Crippen molar-refractivity contribution in [3.8, 4) is 56.7 Å². The molecule has 13 rings (SSSR count). The third kappa shape index (κ3) is 5.75. The second-order valence-electron chi connectivity index (χ2n) is 16.4. The van der Waals surface area contributed by atoms with Gasteiger partial charge in [0.1, 0.15) is 0 Å². The van der Waals surface area contributed by atoms with Gasteiger partial charge in [0.25, 0.3) is 0 Å². The smallest absolute Gasteiger partial charge is 0.166 e. The minimum absolute atomic E-state index is 0.605. The Bertz CT molecular complexity index is 3960. The van der Waals surface area contributed by atoms with E-state index >= 15 is 0 Å². The predicted octanol–water partition coefficient (Wildman–Crippen LogP) is 15.0. The maximum absolute atomic E-state index is 5.53. The summed E-state index contributed by atoms with van der Waals surface area (Å²) in [5.41, 5.74) is 11.6. The second kappa shape index (κ2) is 14.5. The molecule has 0 aliphatic heterocycles. The van der Waals surface area contributed by atoms with E-state index in [9.17, 15) is 0 Å². The molecule has 3 heterocycles. The number of aromatic nitrogens is 5. The van der Waals surface area contributed by atoms with E-state index < -0.39 is 0 Å². The van der Waals surface area contributed by atoms with Gasteiger partial charge in [-0.3, -0.25) is 0 Å². The average Bonchev–Trinajstić information content (AvgIpc) is 3.88. The van der Waals surface area contributed by atoms with E-state index in [0.29, 0.717) is 17.5 Å². The number of fused-ring (bicyclic) bond motifs is 8. The molecule has 0 saturated carbocycles. The van der Waals surface area contributed by atoms with Crippen molar-refractivity contribution >= 4 is 65.2 Å². The molecule has 5 heteroatoms. The van der Waals surface area contributed by atoms with Crippen molar-refractivity contribution in [3.63, 3.8) is 0 Å². The lowest BCUT2D eigenvalue weighted by molar-refractivity contribution is 1.07. The summed E-state index contributed by atoms with van der Waals surface area (Å²) < 4.78 is 4.75. The maximum atomic E-state index is 5.53. The molecule has 0 fully saturated rings. The molecule has 298 valence electrons. The molecule has 5 nitrogen and oxygen atoms in total. The summed E-state index contributed by atoms with van der Waals surface area (Å²) in [5.74, 6) is 1.82. The zero-order valence-corrected chi connectivity index (χ0v) is 34.6. The largest absolute Gasteiger partial charge is 0.309 e. The van der Waals surface area contributed by atoms with Crippen LogP contribution in [-0.4, -0.2) is 24.1 Å². The summed E-state index contributed by atoms with van der Waals surface area (Å²) in [4.78, 5) is 16.4. The van der Waals surface area contributed by atoms with Gasteiger partial charge in [0.2, 0.25) is 0 Å². The molecule has 0 radical (unpaired) electrons. The van der Waals surface area contributed by atoms with Crippen LogP contribution in [0.4, 0.5) is 0 Å². The van der Waals surface area contributed by atoms with Crippen LogP contribution in [0, 0.1) is 0 Å². The maximum Gasteiger partial charge on any atom is 0.166 e. The zero-order valence-electron chi connectivity index (χ0n) is 34.6. The number of nitrogens with zero attached hydrogens (tertiary/aromatic N) is 5. The molecule has 64 heavy (non-hydrogen) atoms. The Balaban J connectivity index is 1.11. The number of hydrogen-bond acceptors (Lipinski definition) is 3. The van der Waals surface area contributed by atoms with Gasteiger partial charge in [-0.2, -0.15) is 0 Å². The summed E-state index contributed by atoms with van der Waals surface area (Å²) in [7, 11) is 0. The van der Waals surface area contributed by atoms with Crippen LogP contribution < -0.4 is 0 Å². The molecule has 0 bridgehead atoms. The molecule has 0 aliphatic rings. The SMILES string of the molecule is c1ccc(-c2cccc(-c3nc(-c4cc(-n5c6ccccc6c6cc7ccccc7cc65)cc5ccccc45)nc(-c4cccc5c6ccccc6n(-c6ccccc6)c45)n3)c2)cc1. The molecule has 0 N–H and O–H groups in total. The van der Waals surface area contributed by atoms with Crippen LogP contribution in [0.2, 0.25) is 0 Å². The van der Waals surface area contributed by atoms with Gasteiger partial charge in [-0.15, -0.1) is 0 Å². The third-order valence-corrected chi connectivity index (χ3v) is 12.7. The molecule has 0 spiro atoms. The summed E-state index contributed by atoms with van der Waals surface area (Å²) >= 11 is 0. The van der Waals surface area contributed by atoms with Crippen molar-refractivity contribution in [2.45, 2.75) is 0 Å². The van der Waals surface area contributed by atoms with Crippen LogP contribution in [0.15, 0.2) is 224 Å². The van der Waals surface area contributed by atoms with Gasteiger partial charge in [-0.25, -0.2) is 15.0 Å². The summed E-state index contributed by atoms with van der Waals surface area (Å²) in [5, 5.41) is 9.32. The van der Waals surface area contributed by atoms with Crippen LogP contribution in [0.1, 0.15) is 0 Å². The van der Waals surface area contributed by atoms with Crippen molar-refractivity contribution in [2.75, 3.05) is 0 Å². The van der Waals surface area contributed by atoms with Crippen molar-refractivity contribution in [2.24, 2.45) is 0 Å². The Morgan fingerprint density at radius 2 is 0.812 bits per heavy atom. The summed E-state index contributed by atoms with van der Waals surface area (Å²) in [6.45, 7) is 0. The van der Waals surface area contributed by atoms with E-state index in [-0.39, 0.29) is 0 Å². The van der Waals surface area contributed by atoms with Crippen LogP contribution >= 0.6 is 0 Å². The van der Waals surface area contributed by atoms with Crippen LogP contribution in [0.25, 0.3) is 122 Å². The highest BCUT2D eigenvalue weighted by molar-refractivity contribution is 6.15. The standard InChI is InChI=1S/C59H37N5/c1-3-17-38(18-4-1)39-22-15-23-43(33-39)57-60-58(50-30-16-29-49-47-27-11-14-32-54(47)64(56(49)50)44-24-5-2-6-25-44)62-59(61-57)52-37-45(34-42-21-9-10-26-46(42)52)63-53-31-13-12-28-48(53)51-35-40-19-7-8-20-41(40)36-55(51)63/h1-37H. The lowest BCUT2D eigenvalue weighted by Gasteiger charge is -2.15. The molecule has 10 aromatic carbocycles. The van der Waals surface area contributed by atoms with Gasteiger partial charge in [0, 0.05) is 49.6 Å².